The summed E-state index contributed by atoms with van der Waals surface area (Å²) >= 11 is 10.2. The molecular weight excluding hydrogens is 270 g/mol. The molecule has 0 bridgehead atoms. The predicted molar refractivity (Wildman–Crippen MR) is 74.6 cm³/mol. The van der Waals surface area contributed by atoms with E-state index in [-0.39, 0.29) is 11.5 Å². The lowest BCUT2D eigenvalue weighted by molar-refractivity contribution is -0.0679. The summed E-state index contributed by atoms with van der Waals surface area (Å²) in [5.41, 5.74) is 0.274. The molecule has 3 nitrogen and oxygen atoms in total. The number of halogens is 1. The number of carbonyl (C=O) groups is 1. The lowest BCUT2D eigenvalue weighted by Crippen LogP contribution is -2.49. The van der Waals surface area contributed by atoms with Gasteiger partial charge in [-0.2, -0.15) is 0 Å². The van der Waals surface area contributed by atoms with Crippen LogP contribution in [0, 0.1) is 0 Å². The zero-order chi connectivity index (χ0) is 13.2. The van der Waals surface area contributed by atoms with Gasteiger partial charge in [0.15, 0.2) is 0 Å². The molecule has 1 fully saturated rings. The summed E-state index contributed by atoms with van der Waals surface area (Å²) in [6.45, 7) is 0.523. The first kappa shape index (κ1) is 13.7. The Labute approximate surface area is 117 Å². The second kappa shape index (κ2) is 5.51. The molecule has 98 valence electrons. The van der Waals surface area contributed by atoms with E-state index in [1.807, 2.05) is 0 Å². The van der Waals surface area contributed by atoms with E-state index in [9.17, 15) is 4.79 Å². The van der Waals surface area contributed by atoms with Crippen LogP contribution in [0.5, 0.6) is 0 Å². The first-order valence-electron chi connectivity index (χ1n) is 5.88. The van der Waals surface area contributed by atoms with Crippen LogP contribution in [0.4, 0.5) is 0 Å². The number of amides is 1. The molecule has 0 unspecified atom stereocenters. The Morgan fingerprint density at radius 3 is 2.83 bits per heavy atom. The Morgan fingerprint density at radius 1 is 1.56 bits per heavy atom. The molecule has 0 radical (unpaired) electrons. The minimum atomic E-state index is -0.181. The highest BCUT2D eigenvalue weighted by atomic mass is 35.5. The molecule has 2 rings (SSSR count). The molecule has 1 saturated carbocycles. The van der Waals surface area contributed by atoms with Gasteiger partial charge in [0.2, 0.25) is 0 Å². The van der Waals surface area contributed by atoms with Crippen molar-refractivity contribution >= 4 is 30.1 Å². The van der Waals surface area contributed by atoms with Gasteiger partial charge in [0.25, 0.3) is 5.91 Å². The van der Waals surface area contributed by atoms with E-state index >= 15 is 0 Å². The molecule has 0 aliphatic heterocycles. The van der Waals surface area contributed by atoms with Crippen LogP contribution in [0.1, 0.15) is 29.6 Å². The van der Waals surface area contributed by atoms with Gasteiger partial charge in [-0.1, -0.05) is 11.6 Å². The fraction of sp³-hybridized carbons (Fsp3) is 0.462. The summed E-state index contributed by atoms with van der Waals surface area (Å²) in [4.78, 5) is 12.8. The van der Waals surface area contributed by atoms with Crippen molar-refractivity contribution in [2.45, 2.75) is 29.8 Å². The van der Waals surface area contributed by atoms with Gasteiger partial charge in [0.1, 0.15) is 0 Å². The largest absolute Gasteiger partial charge is 0.376 e. The van der Waals surface area contributed by atoms with Crippen LogP contribution < -0.4 is 5.32 Å². The Kier molecular flexibility index (Phi) is 4.20. The van der Waals surface area contributed by atoms with E-state index < -0.39 is 0 Å². The smallest absolute Gasteiger partial charge is 0.252 e. The van der Waals surface area contributed by atoms with Gasteiger partial charge in [-0.05, 0) is 37.5 Å². The van der Waals surface area contributed by atoms with Crippen molar-refractivity contribution in [3.8, 4) is 0 Å². The van der Waals surface area contributed by atoms with Gasteiger partial charge in [-0.15, -0.1) is 12.6 Å². The lowest BCUT2D eigenvalue weighted by Gasteiger charge is -2.40. The Morgan fingerprint density at radius 2 is 2.28 bits per heavy atom. The number of nitrogens with one attached hydrogen (secondary N) is 1. The van der Waals surface area contributed by atoms with Gasteiger partial charge in [-0.25, -0.2) is 0 Å². The second-order valence-corrected chi connectivity index (χ2v) is 5.51. The Balaban J connectivity index is 2.01. The number of thiol groups is 1. The molecule has 1 aliphatic carbocycles. The molecule has 1 aliphatic rings. The normalized spacial score (nSPS) is 17.1. The van der Waals surface area contributed by atoms with Crippen LogP contribution in [0.2, 0.25) is 5.02 Å². The number of rotatable bonds is 4. The van der Waals surface area contributed by atoms with E-state index in [2.05, 4.69) is 17.9 Å². The third kappa shape index (κ3) is 2.82. The highest BCUT2D eigenvalue weighted by Gasteiger charge is 2.37. The molecule has 1 aromatic carbocycles. The van der Waals surface area contributed by atoms with Crippen LogP contribution in [0.25, 0.3) is 0 Å². The molecule has 1 N–H and O–H groups in total. The lowest BCUT2D eigenvalue weighted by atomic mass is 9.80. The number of benzene rings is 1. The topological polar surface area (TPSA) is 38.3 Å². The quantitative estimate of drug-likeness (QED) is 0.835. The van der Waals surface area contributed by atoms with Crippen LogP contribution in [0.15, 0.2) is 23.1 Å². The van der Waals surface area contributed by atoms with E-state index in [1.54, 1.807) is 25.3 Å². The fourth-order valence-electron chi connectivity index (χ4n) is 2.05. The van der Waals surface area contributed by atoms with Gasteiger partial charge < -0.3 is 10.1 Å². The van der Waals surface area contributed by atoms with Gasteiger partial charge in [0.05, 0.1) is 16.2 Å². The van der Waals surface area contributed by atoms with Crippen molar-refractivity contribution in [1.29, 1.82) is 0 Å². The highest BCUT2D eigenvalue weighted by molar-refractivity contribution is 7.80. The minimum Gasteiger partial charge on any atom is -0.376 e. The molecule has 5 heteroatoms. The Bertz CT molecular complexity index is 455. The highest BCUT2D eigenvalue weighted by Crippen LogP contribution is 2.34. The molecule has 0 aromatic heterocycles. The van der Waals surface area contributed by atoms with E-state index in [4.69, 9.17) is 16.3 Å². The monoisotopic (exact) mass is 285 g/mol. The predicted octanol–water partition coefficient (Wildman–Crippen LogP) is 2.93. The number of methoxy groups -OCH3 is 1. The van der Waals surface area contributed by atoms with E-state index in [0.717, 1.165) is 24.2 Å². The average molecular weight is 286 g/mol. The van der Waals surface area contributed by atoms with Crippen LogP contribution in [-0.2, 0) is 4.74 Å². The third-order valence-electron chi connectivity index (χ3n) is 3.46. The molecule has 18 heavy (non-hydrogen) atoms. The number of ether oxygens (including phenoxy) is 1. The zero-order valence-corrected chi connectivity index (χ0v) is 11.9. The maximum absolute atomic E-state index is 12.0. The van der Waals surface area contributed by atoms with Gasteiger partial charge in [-0.3, -0.25) is 4.79 Å². The van der Waals surface area contributed by atoms with Crippen LogP contribution >= 0.6 is 24.2 Å². The Hall–Kier alpha value is -0.710. The minimum absolute atomic E-state index is 0.180. The molecule has 1 aromatic rings. The van der Waals surface area contributed by atoms with Crippen molar-refractivity contribution in [2.75, 3.05) is 13.7 Å². The van der Waals surface area contributed by atoms with Crippen molar-refractivity contribution in [3.63, 3.8) is 0 Å². The van der Waals surface area contributed by atoms with Crippen molar-refractivity contribution < 1.29 is 9.53 Å². The maximum Gasteiger partial charge on any atom is 0.252 e. The summed E-state index contributed by atoms with van der Waals surface area (Å²) < 4.78 is 5.45. The molecule has 0 heterocycles. The van der Waals surface area contributed by atoms with Crippen molar-refractivity contribution in [2.24, 2.45) is 0 Å². The van der Waals surface area contributed by atoms with E-state index in [1.165, 1.54) is 0 Å². The molecule has 0 atom stereocenters. The van der Waals surface area contributed by atoms with E-state index in [0.29, 0.717) is 17.1 Å². The molecular formula is C13H16ClNO2S. The SMILES string of the molecule is COC1(CNC(=O)c2cc(S)ccc2Cl)CCC1. The summed E-state index contributed by atoms with van der Waals surface area (Å²) in [7, 11) is 1.69. The van der Waals surface area contributed by atoms with Gasteiger partial charge >= 0.3 is 0 Å². The van der Waals surface area contributed by atoms with Crippen molar-refractivity contribution in [1.82, 2.24) is 5.32 Å². The van der Waals surface area contributed by atoms with Crippen LogP contribution in [-0.4, -0.2) is 25.2 Å². The first-order valence-corrected chi connectivity index (χ1v) is 6.71. The third-order valence-corrected chi connectivity index (χ3v) is 4.07. The second-order valence-electron chi connectivity index (χ2n) is 4.59. The summed E-state index contributed by atoms with van der Waals surface area (Å²) in [6, 6.07) is 5.10. The summed E-state index contributed by atoms with van der Waals surface area (Å²) in [6.07, 6.45) is 3.13. The number of hydrogen-bond donors (Lipinski definition) is 2. The molecule has 0 spiro atoms. The standard InChI is InChI=1S/C13H16ClNO2S/c1-17-13(5-2-6-13)8-15-12(16)10-7-9(18)3-4-11(10)14/h3-4,7,18H,2,5-6,8H2,1H3,(H,15,16). The average Bonchev–Trinajstić information content (AvgIpc) is 2.31. The van der Waals surface area contributed by atoms with Crippen molar-refractivity contribution in [3.05, 3.63) is 28.8 Å². The first-order chi connectivity index (χ1) is 8.56. The summed E-state index contributed by atoms with van der Waals surface area (Å²) in [5, 5.41) is 3.31. The zero-order valence-electron chi connectivity index (χ0n) is 10.2. The molecule has 1 amide bonds. The summed E-state index contributed by atoms with van der Waals surface area (Å²) in [5.74, 6) is -0.181. The number of carbonyl (C=O) groups excluding carboxylic acids is 1. The van der Waals surface area contributed by atoms with Crippen LogP contribution in [0.3, 0.4) is 0 Å². The fourth-order valence-corrected chi connectivity index (χ4v) is 2.46. The van der Waals surface area contributed by atoms with Gasteiger partial charge in [0, 0.05) is 18.6 Å². The maximum atomic E-state index is 12.0. The number of hydrogen-bond acceptors (Lipinski definition) is 3. The molecule has 0 saturated heterocycles.